The molecule has 0 aliphatic carbocycles. The first-order valence-corrected chi connectivity index (χ1v) is 20.5. The molecule has 0 bridgehead atoms. The number of hydrogen-bond donors (Lipinski definition) is 0. The molecule has 2 nitrogen and oxygen atoms in total. The molecular formula is C55H35BN2. The molecule has 0 saturated carbocycles. The van der Waals surface area contributed by atoms with E-state index < -0.39 is 0 Å². The second-order valence-corrected chi connectivity index (χ2v) is 17.1. The lowest BCUT2D eigenvalue weighted by Crippen LogP contribution is -2.59. The number of fused-ring (bicyclic) bond motifs is 18. The maximum absolute atomic E-state index is 2.66. The van der Waals surface area contributed by atoms with Crippen molar-refractivity contribution >= 4 is 110 Å². The maximum Gasteiger partial charge on any atom is 0.252 e. The number of nitrogens with zero attached hydrogens (tertiary/aromatic N) is 2. The lowest BCUT2D eigenvalue weighted by Gasteiger charge is -2.35. The Kier molecular flexibility index (Phi) is 5.70. The van der Waals surface area contributed by atoms with Crippen LogP contribution < -0.4 is 16.4 Å². The maximum atomic E-state index is 2.66. The smallest absolute Gasteiger partial charge is 0.252 e. The van der Waals surface area contributed by atoms with Crippen LogP contribution in [0.1, 0.15) is 16.7 Å². The largest absolute Gasteiger partial charge is 0.310 e. The third-order valence-corrected chi connectivity index (χ3v) is 13.7. The standard InChI is InChI=1S/C55H35BN2/c1-30-20-22-47-42(23-30)44-24-32(3)25-45-54(44)57(47)49-27-34(36-18-10-12-33-11-4-5-13-35(33)36)28-50-53(49)56(45)46-29-43-39-16-7-6-14-37(39)38-15-8-9-17-40(38)51(43)52-41-21-19-31(2)26-48(41)58(50)55(46)52/h4-29H,1-3H3. The minimum Gasteiger partial charge on any atom is -0.310 e. The van der Waals surface area contributed by atoms with E-state index in [4.69, 9.17) is 0 Å². The monoisotopic (exact) mass is 734 g/mol. The summed E-state index contributed by atoms with van der Waals surface area (Å²) in [6.07, 6.45) is 0. The van der Waals surface area contributed by atoms with E-state index in [0.717, 1.165) is 0 Å². The number of aromatic nitrogens is 2. The van der Waals surface area contributed by atoms with Crippen LogP contribution >= 0.6 is 0 Å². The third-order valence-electron chi connectivity index (χ3n) is 13.7. The highest BCUT2D eigenvalue weighted by Crippen LogP contribution is 2.46. The van der Waals surface area contributed by atoms with Crippen LogP contribution in [0.3, 0.4) is 0 Å². The molecule has 10 aromatic carbocycles. The summed E-state index contributed by atoms with van der Waals surface area (Å²) in [5.74, 6) is 0. The highest BCUT2D eigenvalue weighted by molar-refractivity contribution is 7.00. The molecule has 0 spiro atoms. The lowest BCUT2D eigenvalue weighted by molar-refractivity contribution is 1.14. The predicted octanol–water partition coefficient (Wildman–Crippen LogP) is 12.2. The molecule has 268 valence electrons. The van der Waals surface area contributed by atoms with Gasteiger partial charge in [-0.05, 0) is 128 Å². The van der Waals surface area contributed by atoms with E-state index in [-0.39, 0.29) is 6.71 Å². The Morgan fingerprint density at radius 2 is 1.00 bits per heavy atom. The summed E-state index contributed by atoms with van der Waals surface area (Å²) in [4.78, 5) is 0. The van der Waals surface area contributed by atoms with Gasteiger partial charge in [0.2, 0.25) is 0 Å². The summed E-state index contributed by atoms with van der Waals surface area (Å²) >= 11 is 0. The fourth-order valence-electron chi connectivity index (χ4n) is 11.5. The van der Waals surface area contributed by atoms with Crippen molar-refractivity contribution in [1.82, 2.24) is 9.13 Å². The van der Waals surface area contributed by atoms with Crippen molar-refractivity contribution in [3.8, 4) is 22.5 Å². The van der Waals surface area contributed by atoms with E-state index in [1.54, 1.807) is 0 Å². The first-order valence-electron chi connectivity index (χ1n) is 20.5. The molecule has 14 rings (SSSR count). The molecule has 0 unspecified atom stereocenters. The third kappa shape index (κ3) is 3.71. The van der Waals surface area contributed by atoms with Gasteiger partial charge in [-0.3, -0.25) is 0 Å². The Hall–Kier alpha value is -7.10. The van der Waals surface area contributed by atoms with Crippen molar-refractivity contribution in [3.05, 3.63) is 174 Å². The van der Waals surface area contributed by atoms with E-state index in [1.807, 2.05) is 0 Å². The first-order chi connectivity index (χ1) is 28.5. The summed E-state index contributed by atoms with van der Waals surface area (Å²) in [5, 5.41) is 15.8. The number of aryl methyl sites for hydroxylation is 3. The van der Waals surface area contributed by atoms with Crippen molar-refractivity contribution in [2.45, 2.75) is 20.8 Å². The van der Waals surface area contributed by atoms with Gasteiger partial charge in [0.1, 0.15) is 0 Å². The van der Waals surface area contributed by atoms with E-state index in [2.05, 4.69) is 188 Å². The topological polar surface area (TPSA) is 9.86 Å². The van der Waals surface area contributed by atoms with Gasteiger partial charge in [-0.1, -0.05) is 132 Å². The highest BCUT2D eigenvalue weighted by atomic mass is 15.0. The van der Waals surface area contributed by atoms with Gasteiger partial charge in [0.25, 0.3) is 6.71 Å². The van der Waals surface area contributed by atoms with Crippen LogP contribution in [0.4, 0.5) is 0 Å². The molecule has 58 heavy (non-hydrogen) atoms. The van der Waals surface area contributed by atoms with E-state index in [9.17, 15) is 0 Å². The Labute approximate surface area is 335 Å². The molecule has 0 radical (unpaired) electrons. The lowest BCUT2D eigenvalue weighted by atomic mass is 9.34. The molecule has 3 heteroatoms. The zero-order valence-corrected chi connectivity index (χ0v) is 32.5. The van der Waals surface area contributed by atoms with E-state index in [0.29, 0.717) is 0 Å². The van der Waals surface area contributed by atoms with E-state index >= 15 is 0 Å². The van der Waals surface area contributed by atoms with Gasteiger partial charge >= 0.3 is 0 Å². The zero-order chi connectivity index (χ0) is 38.1. The minimum absolute atomic E-state index is 0.0434. The number of hydrogen-bond acceptors (Lipinski definition) is 0. The normalized spacial score (nSPS) is 13.1. The Bertz CT molecular complexity index is 3890. The Balaban J connectivity index is 1.27. The molecule has 12 aromatic rings. The van der Waals surface area contributed by atoms with Gasteiger partial charge in [0, 0.05) is 43.8 Å². The van der Waals surface area contributed by atoms with Crippen LogP contribution in [-0.4, -0.2) is 15.8 Å². The average molecular weight is 735 g/mol. The zero-order valence-electron chi connectivity index (χ0n) is 32.5. The molecule has 0 saturated heterocycles. The van der Waals surface area contributed by atoms with Gasteiger partial charge in [-0.25, -0.2) is 0 Å². The molecule has 0 atom stereocenters. The SMILES string of the molecule is Cc1ccc2c(c1)c1cc(C)cc3c1n2-c1cc(-c2cccc4ccccc24)cc2c1B3c1cc3c4ccccc4c4ccccc4c3c3c4ccc(C)cc4n-2c13. The summed E-state index contributed by atoms with van der Waals surface area (Å²) in [7, 11) is 0. The minimum atomic E-state index is 0.0434. The molecule has 2 aliphatic rings. The van der Waals surface area contributed by atoms with Crippen LogP contribution in [-0.2, 0) is 0 Å². The molecule has 0 N–H and O–H groups in total. The Morgan fingerprint density at radius 1 is 0.379 bits per heavy atom. The van der Waals surface area contributed by atoms with Gasteiger partial charge in [0.15, 0.2) is 0 Å². The van der Waals surface area contributed by atoms with E-state index in [1.165, 1.54) is 142 Å². The second-order valence-electron chi connectivity index (χ2n) is 17.1. The van der Waals surface area contributed by atoms with Crippen molar-refractivity contribution in [2.24, 2.45) is 0 Å². The average Bonchev–Trinajstić information content (AvgIpc) is 3.76. The predicted molar refractivity (Wildman–Crippen MR) is 249 cm³/mol. The fourth-order valence-corrected chi connectivity index (χ4v) is 11.5. The van der Waals surface area contributed by atoms with Crippen molar-refractivity contribution in [3.63, 3.8) is 0 Å². The summed E-state index contributed by atoms with van der Waals surface area (Å²) in [5.41, 5.74) is 18.3. The molecule has 2 aromatic heterocycles. The van der Waals surface area contributed by atoms with Crippen molar-refractivity contribution < 1.29 is 0 Å². The van der Waals surface area contributed by atoms with Gasteiger partial charge in [0.05, 0.1) is 16.6 Å². The van der Waals surface area contributed by atoms with Crippen LogP contribution in [0, 0.1) is 20.8 Å². The van der Waals surface area contributed by atoms with Gasteiger partial charge in [-0.15, -0.1) is 0 Å². The van der Waals surface area contributed by atoms with Gasteiger partial charge < -0.3 is 9.13 Å². The Morgan fingerprint density at radius 3 is 1.81 bits per heavy atom. The molecule has 0 amide bonds. The van der Waals surface area contributed by atoms with Crippen LogP contribution in [0.5, 0.6) is 0 Å². The number of benzene rings is 10. The highest BCUT2D eigenvalue weighted by Gasteiger charge is 2.42. The second kappa shape index (κ2) is 10.6. The fraction of sp³-hybridized carbons (Fsp3) is 0.0545. The summed E-state index contributed by atoms with van der Waals surface area (Å²) in [6, 6.07) is 60.5. The summed E-state index contributed by atoms with van der Waals surface area (Å²) in [6.45, 7) is 6.79. The molecular weight excluding hydrogens is 699 g/mol. The van der Waals surface area contributed by atoms with Gasteiger partial charge in [-0.2, -0.15) is 0 Å². The molecule has 2 aliphatic heterocycles. The first kappa shape index (κ1) is 31.0. The molecule has 4 heterocycles. The molecule has 0 fully saturated rings. The summed E-state index contributed by atoms with van der Waals surface area (Å²) < 4.78 is 5.28. The number of rotatable bonds is 1. The van der Waals surface area contributed by atoms with Crippen molar-refractivity contribution in [1.29, 1.82) is 0 Å². The van der Waals surface area contributed by atoms with Crippen LogP contribution in [0.25, 0.3) is 109 Å². The quantitative estimate of drug-likeness (QED) is 0.117. The van der Waals surface area contributed by atoms with Crippen LogP contribution in [0.2, 0.25) is 0 Å². The van der Waals surface area contributed by atoms with Crippen LogP contribution in [0.15, 0.2) is 158 Å². The van der Waals surface area contributed by atoms with Crippen molar-refractivity contribution in [2.75, 3.05) is 0 Å².